The Kier molecular flexibility index (Phi) is 6.08. The normalized spacial score (nSPS) is 11.7. The zero-order valence-corrected chi connectivity index (χ0v) is 16.3. The lowest BCUT2D eigenvalue weighted by Gasteiger charge is -2.13. The molecule has 1 aromatic heterocycles. The highest BCUT2D eigenvalue weighted by Crippen LogP contribution is 2.25. The average molecular weight is 379 g/mol. The Morgan fingerprint density at radius 1 is 1.07 bits per heavy atom. The number of rotatable bonds is 6. The fraction of sp³-hybridized carbons (Fsp3) is 0.190. The van der Waals surface area contributed by atoms with Crippen LogP contribution in [0.3, 0.4) is 0 Å². The number of nitrogens with zero attached hydrogens (tertiary/aromatic N) is 2. The van der Waals surface area contributed by atoms with Gasteiger partial charge in [-0.25, -0.2) is 9.97 Å². The number of thioether (sulfide) groups is 1. The Labute approximate surface area is 163 Å². The number of carbonyl (C=O) groups excluding carboxylic acids is 1. The maximum absolute atomic E-state index is 12.5. The van der Waals surface area contributed by atoms with Crippen LogP contribution in [0.4, 0.5) is 5.69 Å². The summed E-state index contributed by atoms with van der Waals surface area (Å²) in [5.41, 5.74) is 3.44. The molecule has 2 aromatic carbocycles. The number of anilines is 1. The lowest BCUT2D eigenvalue weighted by Crippen LogP contribution is -2.22. The van der Waals surface area contributed by atoms with Gasteiger partial charge in [-0.05, 0) is 32.0 Å². The molecule has 138 valence electrons. The second-order valence-corrected chi connectivity index (χ2v) is 7.33. The van der Waals surface area contributed by atoms with E-state index in [4.69, 9.17) is 4.74 Å². The van der Waals surface area contributed by atoms with Crippen LogP contribution < -0.4 is 10.1 Å². The molecule has 0 saturated heterocycles. The van der Waals surface area contributed by atoms with E-state index < -0.39 is 0 Å². The second-order valence-electron chi connectivity index (χ2n) is 6.02. The molecule has 27 heavy (non-hydrogen) atoms. The minimum absolute atomic E-state index is 0.111. The van der Waals surface area contributed by atoms with Gasteiger partial charge in [0, 0.05) is 23.0 Å². The van der Waals surface area contributed by atoms with Gasteiger partial charge in [-0.2, -0.15) is 0 Å². The molecule has 0 aliphatic carbocycles. The molecular formula is C21H21N3O2S. The van der Waals surface area contributed by atoms with Crippen molar-refractivity contribution in [3.63, 3.8) is 0 Å². The van der Waals surface area contributed by atoms with Gasteiger partial charge in [0.1, 0.15) is 5.75 Å². The molecule has 1 atom stereocenters. The number of aromatic nitrogens is 2. The fourth-order valence-corrected chi connectivity index (χ4v) is 3.34. The van der Waals surface area contributed by atoms with Gasteiger partial charge in [0.2, 0.25) is 5.91 Å². The van der Waals surface area contributed by atoms with E-state index in [0.717, 1.165) is 17.0 Å². The predicted molar refractivity (Wildman–Crippen MR) is 109 cm³/mol. The summed E-state index contributed by atoms with van der Waals surface area (Å²) >= 11 is 1.34. The molecule has 3 rings (SSSR count). The number of ether oxygens (including phenoxy) is 1. The zero-order chi connectivity index (χ0) is 19.2. The lowest BCUT2D eigenvalue weighted by molar-refractivity contribution is -0.115. The Bertz CT molecular complexity index is 932. The molecule has 5 nitrogen and oxygen atoms in total. The Balaban J connectivity index is 1.72. The highest BCUT2D eigenvalue weighted by atomic mass is 32.2. The maximum Gasteiger partial charge on any atom is 0.237 e. The van der Waals surface area contributed by atoms with Crippen LogP contribution in [-0.4, -0.2) is 28.2 Å². The van der Waals surface area contributed by atoms with Crippen LogP contribution >= 0.6 is 11.8 Å². The Morgan fingerprint density at radius 2 is 1.85 bits per heavy atom. The smallest absolute Gasteiger partial charge is 0.237 e. The van der Waals surface area contributed by atoms with E-state index in [1.807, 2.05) is 68.4 Å². The van der Waals surface area contributed by atoms with Crippen LogP contribution in [0.2, 0.25) is 0 Å². The summed E-state index contributed by atoms with van der Waals surface area (Å²) in [5.74, 6) is 0.585. The van der Waals surface area contributed by atoms with Crippen molar-refractivity contribution in [1.82, 2.24) is 9.97 Å². The molecule has 0 fully saturated rings. The van der Waals surface area contributed by atoms with Crippen LogP contribution in [0.15, 0.2) is 65.8 Å². The minimum Gasteiger partial charge on any atom is -0.497 e. The highest BCUT2D eigenvalue weighted by molar-refractivity contribution is 8.00. The third kappa shape index (κ3) is 5.08. The molecule has 1 amide bonds. The first-order chi connectivity index (χ1) is 13.0. The standard InChI is InChI=1S/C21H21N3O2S/c1-14-12-19(16-8-5-4-6-9-16)24-21(22-14)27-15(2)20(25)23-17-10-7-11-18(13-17)26-3/h4-13,15H,1-3H3,(H,23,25)/t15-/m0/s1. The van der Waals surface area contributed by atoms with Crippen LogP contribution in [0.1, 0.15) is 12.6 Å². The van der Waals surface area contributed by atoms with E-state index in [9.17, 15) is 4.79 Å². The molecule has 0 aliphatic heterocycles. The summed E-state index contributed by atoms with van der Waals surface area (Å²) in [4.78, 5) is 21.6. The average Bonchev–Trinajstić information content (AvgIpc) is 2.68. The maximum atomic E-state index is 12.5. The van der Waals surface area contributed by atoms with Crippen molar-refractivity contribution >= 4 is 23.4 Å². The number of carbonyl (C=O) groups is 1. The summed E-state index contributed by atoms with van der Waals surface area (Å²) in [6, 6.07) is 19.2. The lowest BCUT2D eigenvalue weighted by atomic mass is 10.1. The predicted octanol–water partition coefficient (Wildman–Crippen LogP) is 4.58. The quantitative estimate of drug-likeness (QED) is 0.502. The van der Waals surface area contributed by atoms with E-state index in [1.54, 1.807) is 13.2 Å². The number of hydrogen-bond acceptors (Lipinski definition) is 5. The summed E-state index contributed by atoms with van der Waals surface area (Å²) in [5, 5.41) is 3.14. The second kappa shape index (κ2) is 8.68. The van der Waals surface area contributed by atoms with Crippen molar-refractivity contribution in [2.75, 3.05) is 12.4 Å². The third-order valence-electron chi connectivity index (χ3n) is 3.89. The molecule has 1 heterocycles. The van der Waals surface area contributed by atoms with Gasteiger partial charge in [0.25, 0.3) is 0 Å². The van der Waals surface area contributed by atoms with E-state index in [1.165, 1.54) is 11.8 Å². The fourth-order valence-electron chi connectivity index (χ4n) is 2.51. The van der Waals surface area contributed by atoms with Crippen LogP contribution in [0.5, 0.6) is 5.75 Å². The van der Waals surface area contributed by atoms with Crippen LogP contribution in [0.25, 0.3) is 11.3 Å². The largest absolute Gasteiger partial charge is 0.497 e. The number of hydrogen-bond donors (Lipinski definition) is 1. The summed E-state index contributed by atoms with van der Waals surface area (Å²) < 4.78 is 5.18. The van der Waals surface area contributed by atoms with Crippen molar-refractivity contribution in [3.8, 4) is 17.0 Å². The van der Waals surface area contributed by atoms with E-state index in [0.29, 0.717) is 16.6 Å². The van der Waals surface area contributed by atoms with Gasteiger partial charge < -0.3 is 10.1 Å². The van der Waals surface area contributed by atoms with Gasteiger partial charge in [-0.3, -0.25) is 4.79 Å². The van der Waals surface area contributed by atoms with Crippen molar-refractivity contribution in [3.05, 3.63) is 66.4 Å². The molecule has 3 aromatic rings. The Hall–Kier alpha value is -2.86. The number of methoxy groups -OCH3 is 1. The van der Waals surface area contributed by atoms with Gasteiger partial charge in [-0.1, -0.05) is 48.2 Å². The summed E-state index contributed by atoms with van der Waals surface area (Å²) in [6.45, 7) is 3.77. The highest BCUT2D eigenvalue weighted by Gasteiger charge is 2.17. The molecule has 0 radical (unpaired) electrons. The number of benzene rings is 2. The van der Waals surface area contributed by atoms with Crippen LogP contribution in [-0.2, 0) is 4.79 Å². The first-order valence-corrected chi connectivity index (χ1v) is 9.46. The number of amides is 1. The molecule has 0 unspecified atom stereocenters. The monoisotopic (exact) mass is 379 g/mol. The Morgan fingerprint density at radius 3 is 2.59 bits per heavy atom. The molecule has 0 aliphatic rings. The molecular weight excluding hydrogens is 358 g/mol. The molecule has 0 spiro atoms. The number of nitrogens with one attached hydrogen (secondary N) is 1. The van der Waals surface area contributed by atoms with E-state index in [-0.39, 0.29) is 11.2 Å². The van der Waals surface area contributed by atoms with Gasteiger partial charge in [0.15, 0.2) is 5.16 Å². The van der Waals surface area contributed by atoms with Crippen molar-refractivity contribution in [2.24, 2.45) is 0 Å². The number of aryl methyl sites for hydroxylation is 1. The van der Waals surface area contributed by atoms with E-state index >= 15 is 0 Å². The first-order valence-electron chi connectivity index (χ1n) is 8.58. The summed E-state index contributed by atoms with van der Waals surface area (Å²) in [6.07, 6.45) is 0. The SMILES string of the molecule is COc1cccc(NC(=O)[C@H](C)Sc2nc(C)cc(-c3ccccc3)n2)c1. The van der Waals surface area contributed by atoms with Crippen LogP contribution in [0, 0.1) is 6.92 Å². The zero-order valence-electron chi connectivity index (χ0n) is 15.5. The molecule has 6 heteroatoms. The molecule has 1 N–H and O–H groups in total. The summed E-state index contributed by atoms with van der Waals surface area (Å²) in [7, 11) is 1.60. The van der Waals surface area contributed by atoms with Crippen molar-refractivity contribution in [2.45, 2.75) is 24.3 Å². The third-order valence-corrected chi connectivity index (χ3v) is 4.85. The minimum atomic E-state index is -0.346. The van der Waals surface area contributed by atoms with Gasteiger partial charge in [0.05, 0.1) is 18.1 Å². The van der Waals surface area contributed by atoms with Gasteiger partial charge >= 0.3 is 0 Å². The van der Waals surface area contributed by atoms with Crippen molar-refractivity contribution in [1.29, 1.82) is 0 Å². The van der Waals surface area contributed by atoms with Crippen molar-refractivity contribution < 1.29 is 9.53 Å². The molecule has 0 bridgehead atoms. The first kappa shape index (κ1) is 18.9. The van der Waals surface area contributed by atoms with E-state index in [2.05, 4.69) is 15.3 Å². The molecule has 0 saturated carbocycles. The topological polar surface area (TPSA) is 64.1 Å². The van der Waals surface area contributed by atoms with Gasteiger partial charge in [-0.15, -0.1) is 0 Å².